The van der Waals surface area contributed by atoms with E-state index in [-0.39, 0.29) is 0 Å². The molecule has 0 saturated heterocycles. The number of nitrogens with zero attached hydrogens (tertiary/aromatic N) is 3. The molecule has 0 aliphatic rings. The molecule has 0 aliphatic carbocycles. The SMILES string of the molecule is CN(Cc1ccncc1)S(=O)(=O)c1cn(C)c2ccccc12. The summed E-state index contributed by atoms with van der Waals surface area (Å²) in [4.78, 5) is 4.28. The Kier molecular flexibility index (Phi) is 3.72. The Morgan fingerprint density at radius 2 is 1.82 bits per heavy atom. The molecule has 0 spiro atoms. The second-order valence-corrected chi connectivity index (χ2v) is 7.25. The topological polar surface area (TPSA) is 55.2 Å². The summed E-state index contributed by atoms with van der Waals surface area (Å²) in [7, 11) is -0.105. The lowest BCUT2D eigenvalue weighted by Crippen LogP contribution is -2.26. The average molecular weight is 315 g/mol. The third-order valence-corrected chi connectivity index (χ3v) is 5.53. The largest absolute Gasteiger partial charge is 0.349 e. The van der Waals surface area contributed by atoms with E-state index in [0.717, 1.165) is 16.5 Å². The van der Waals surface area contributed by atoms with Crippen LogP contribution in [0.5, 0.6) is 0 Å². The summed E-state index contributed by atoms with van der Waals surface area (Å²) in [5.74, 6) is 0. The van der Waals surface area contributed by atoms with E-state index >= 15 is 0 Å². The smallest absolute Gasteiger partial charge is 0.245 e. The Labute approximate surface area is 129 Å². The first kappa shape index (κ1) is 14.7. The van der Waals surface area contributed by atoms with Gasteiger partial charge in [0.2, 0.25) is 10.0 Å². The minimum atomic E-state index is -3.55. The molecule has 0 unspecified atom stereocenters. The van der Waals surface area contributed by atoms with Gasteiger partial charge in [-0.05, 0) is 23.8 Å². The van der Waals surface area contributed by atoms with Crippen LogP contribution in [0.15, 0.2) is 59.9 Å². The molecule has 22 heavy (non-hydrogen) atoms. The van der Waals surface area contributed by atoms with Crippen molar-refractivity contribution in [2.45, 2.75) is 11.4 Å². The monoisotopic (exact) mass is 315 g/mol. The van der Waals surface area contributed by atoms with Gasteiger partial charge < -0.3 is 4.57 Å². The van der Waals surface area contributed by atoms with Gasteiger partial charge in [-0.15, -0.1) is 0 Å². The number of rotatable bonds is 4. The molecule has 114 valence electrons. The molecule has 5 nitrogen and oxygen atoms in total. The van der Waals surface area contributed by atoms with Gasteiger partial charge in [-0.3, -0.25) is 4.98 Å². The van der Waals surface area contributed by atoms with E-state index in [1.54, 1.807) is 25.6 Å². The number of hydrogen-bond donors (Lipinski definition) is 0. The number of aryl methyl sites for hydroxylation is 1. The Bertz CT molecular complexity index is 902. The van der Waals surface area contributed by atoms with E-state index in [4.69, 9.17) is 0 Å². The highest BCUT2D eigenvalue weighted by molar-refractivity contribution is 7.89. The highest BCUT2D eigenvalue weighted by atomic mass is 32.2. The van der Waals surface area contributed by atoms with Crippen LogP contribution in [0.3, 0.4) is 0 Å². The second kappa shape index (κ2) is 5.55. The predicted octanol–water partition coefficient (Wildman–Crippen LogP) is 2.39. The second-order valence-electron chi connectivity index (χ2n) is 5.24. The van der Waals surface area contributed by atoms with E-state index in [1.165, 1.54) is 4.31 Å². The van der Waals surface area contributed by atoms with Crippen molar-refractivity contribution in [2.24, 2.45) is 7.05 Å². The zero-order valence-corrected chi connectivity index (χ0v) is 13.3. The number of benzene rings is 1. The molecule has 0 aliphatic heterocycles. The maximum atomic E-state index is 12.9. The molecular weight excluding hydrogens is 298 g/mol. The van der Waals surface area contributed by atoms with Gasteiger partial charge in [0.15, 0.2) is 0 Å². The highest BCUT2D eigenvalue weighted by Gasteiger charge is 2.25. The molecule has 3 aromatic rings. The number of hydrogen-bond acceptors (Lipinski definition) is 3. The van der Waals surface area contributed by atoms with E-state index < -0.39 is 10.0 Å². The van der Waals surface area contributed by atoms with E-state index in [1.807, 2.05) is 48.0 Å². The fourth-order valence-corrected chi connectivity index (χ4v) is 3.90. The maximum absolute atomic E-state index is 12.9. The predicted molar refractivity (Wildman–Crippen MR) is 85.8 cm³/mol. The number of para-hydroxylation sites is 1. The summed E-state index contributed by atoms with van der Waals surface area (Å²) in [5, 5.41) is 0.742. The third kappa shape index (κ3) is 2.51. The first-order valence-electron chi connectivity index (χ1n) is 6.89. The van der Waals surface area contributed by atoms with Crippen molar-refractivity contribution in [2.75, 3.05) is 7.05 Å². The van der Waals surface area contributed by atoms with E-state index in [0.29, 0.717) is 11.4 Å². The number of aromatic nitrogens is 2. The molecule has 2 heterocycles. The molecule has 0 bridgehead atoms. The molecule has 0 atom stereocenters. The minimum absolute atomic E-state index is 0.314. The maximum Gasteiger partial charge on any atom is 0.245 e. The van der Waals surface area contributed by atoms with Crippen LogP contribution >= 0.6 is 0 Å². The zero-order chi connectivity index (χ0) is 15.7. The quantitative estimate of drug-likeness (QED) is 0.743. The molecule has 0 saturated carbocycles. The first-order chi connectivity index (χ1) is 10.5. The minimum Gasteiger partial charge on any atom is -0.349 e. The summed E-state index contributed by atoms with van der Waals surface area (Å²) in [6, 6.07) is 11.1. The van der Waals surface area contributed by atoms with Crippen LogP contribution in [0.25, 0.3) is 10.9 Å². The molecule has 0 radical (unpaired) electrons. The number of pyridine rings is 1. The van der Waals surface area contributed by atoms with Crippen LogP contribution in [0.4, 0.5) is 0 Å². The van der Waals surface area contributed by atoms with Gasteiger partial charge in [-0.2, -0.15) is 4.31 Å². The normalized spacial score (nSPS) is 12.1. The summed E-state index contributed by atoms with van der Waals surface area (Å²) in [6.45, 7) is 0.314. The van der Waals surface area contributed by atoms with Crippen LogP contribution in [-0.2, 0) is 23.6 Å². The van der Waals surface area contributed by atoms with Gasteiger partial charge in [0, 0.05) is 50.1 Å². The highest BCUT2D eigenvalue weighted by Crippen LogP contribution is 2.27. The van der Waals surface area contributed by atoms with Gasteiger partial charge in [0.25, 0.3) is 0 Å². The lowest BCUT2D eigenvalue weighted by Gasteiger charge is -2.16. The molecule has 0 N–H and O–H groups in total. The van der Waals surface area contributed by atoms with E-state index in [9.17, 15) is 8.42 Å². The van der Waals surface area contributed by atoms with Crippen molar-refractivity contribution in [1.29, 1.82) is 0 Å². The van der Waals surface area contributed by atoms with Crippen molar-refractivity contribution in [3.8, 4) is 0 Å². The molecule has 0 fully saturated rings. The Morgan fingerprint density at radius 3 is 2.55 bits per heavy atom. The van der Waals surface area contributed by atoms with Crippen molar-refractivity contribution in [3.05, 3.63) is 60.6 Å². The van der Waals surface area contributed by atoms with Crippen molar-refractivity contribution < 1.29 is 8.42 Å². The van der Waals surface area contributed by atoms with Gasteiger partial charge in [0.05, 0.1) is 0 Å². The molecule has 6 heteroatoms. The van der Waals surface area contributed by atoms with Crippen LogP contribution in [-0.4, -0.2) is 29.3 Å². The zero-order valence-electron chi connectivity index (χ0n) is 12.5. The van der Waals surface area contributed by atoms with Crippen molar-refractivity contribution in [3.63, 3.8) is 0 Å². The molecule has 3 rings (SSSR count). The first-order valence-corrected chi connectivity index (χ1v) is 8.33. The van der Waals surface area contributed by atoms with Gasteiger partial charge in [-0.25, -0.2) is 8.42 Å². The van der Waals surface area contributed by atoms with Gasteiger partial charge in [0.1, 0.15) is 4.90 Å². The lowest BCUT2D eigenvalue weighted by molar-refractivity contribution is 0.467. The fourth-order valence-electron chi connectivity index (χ4n) is 2.51. The van der Waals surface area contributed by atoms with Crippen molar-refractivity contribution >= 4 is 20.9 Å². The van der Waals surface area contributed by atoms with Crippen LogP contribution < -0.4 is 0 Å². The number of fused-ring (bicyclic) bond motifs is 1. The average Bonchev–Trinajstić information content (AvgIpc) is 2.87. The number of sulfonamides is 1. The van der Waals surface area contributed by atoms with Crippen LogP contribution in [0.2, 0.25) is 0 Å². The molecule has 2 aromatic heterocycles. The summed E-state index contributed by atoms with van der Waals surface area (Å²) < 4.78 is 28.9. The molecular formula is C16H17N3O2S. The summed E-state index contributed by atoms with van der Waals surface area (Å²) in [5.41, 5.74) is 1.81. The summed E-state index contributed by atoms with van der Waals surface area (Å²) in [6.07, 6.45) is 4.99. The Morgan fingerprint density at radius 1 is 1.14 bits per heavy atom. The Balaban J connectivity index is 2.01. The molecule has 0 amide bonds. The fraction of sp³-hybridized carbons (Fsp3) is 0.188. The van der Waals surface area contributed by atoms with Crippen molar-refractivity contribution in [1.82, 2.24) is 13.9 Å². The van der Waals surface area contributed by atoms with E-state index in [2.05, 4.69) is 4.98 Å². The van der Waals surface area contributed by atoms with Gasteiger partial charge in [-0.1, -0.05) is 18.2 Å². The third-order valence-electron chi connectivity index (χ3n) is 3.70. The molecule has 1 aromatic carbocycles. The van der Waals surface area contributed by atoms with Gasteiger partial charge >= 0.3 is 0 Å². The lowest BCUT2D eigenvalue weighted by atomic mass is 10.2. The van der Waals surface area contributed by atoms with Crippen LogP contribution in [0, 0.1) is 0 Å². The van der Waals surface area contributed by atoms with Crippen LogP contribution in [0.1, 0.15) is 5.56 Å². The standard InChI is InChI=1S/C16H17N3O2S/c1-18-12-16(14-5-3-4-6-15(14)18)22(20,21)19(2)11-13-7-9-17-10-8-13/h3-10,12H,11H2,1-2H3. The Hall–Kier alpha value is -2.18. The summed E-state index contributed by atoms with van der Waals surface area (Å²) >= 11 is 0.